The van der Waals surface area contributed by atoms with Crippen LogP contribution in [0.25, 0.3) is 0 Å². The number of aryl methyl sites for hydroxylation is 1. The lowest BCUT2D eigenvalue weighted by molar-refractivity contribution is 0.341. The van der Waals surface area contributed by atoms with Crippen molar-refractivity contribution in [3.8, 4) is 0 Å². The number of pyridine rings is 1. The molecular weight excluding hydrogens is 354 g/mol. The molecule has 0 saturated heterocycles. The Bertz CT molecular complexity index is 918. The van der Waals surface area contributed by atoms with Crippen molar-refractivity contribution >= 4 is 5.95 Å². The van der Waals surface area contributed by atoms with Crippen LogP contribution in [0.3, 0.4) is 0 Å². The third-order valence-corrected chi connectivity index (χ3v) is 4.32. The van der Waals surface area contributed by atoms with Crippen molar-refractivity contribution in [2.45, 2.75) is 32.4 Å². The van der Waals surface area contributed by atoms with Gasteiger partial charge in [0.05, 0.1) is 13.1 Å². The van der Waals surface area contributed by atoms with Crippen LogP contribution < -0.4 is 10.9 Å². The number of hydrogen-bond donors (Lipinski definition) is 1. The maximum Gasteiger partial charge on any atom is 0.255 e. The number of furan rings is 1. The molecule has 0 atom stereocenters. The van der Waals surface area contributed by atoms with Gasteiger partial charge in [-0.05, 0) is 50.7 Å². The molecule has 28 heavy (non-hydrogen) atoms. The molecule has 0 aromatic carbocycles. The lowest BCUT2D eigenvalue weighted by atomic mass is 10.2. The zero-order valence-corrected chi connectivity index (χ0v) is 16.5. The van der Waals surface area contributed by atoms with Crippen LogP contribution in [0, 0.1) is 0 Å². The Balaban J connectivity index is 1.49. The second-order valence-electron chi connectivity index (χ2n) is 7.04. The SMILES string of the molecule is CN(C)Cc1ccc(CCCCNc2nccc(=O)n2Cc2cccnc2)o1. The summed E-state index contributed by atoms with van der Waals surface area (Å²) in [5, 5.41) is 3.29. The zero-order chi connectivity index (χ0) is 19.8. The Morgan fingerprint density at radius 1 is 1.11 bits per heavy atom. The molecule has 3 rings (SSSR count). The van der Waals surface area contributed by atoms with Crippen molar-refractivity contribution in [3.05, 3.63) is 76.4 Å². The number of nitrogens with one attached hydrogen (secondary N) is 1. The second-order valence-corrected chi connectivity index (χ2v) is 7.04. The first-order chi connectivity index (χ1) is 13.6. The third-order valence-electron chi connectivity index (χ3n) is 4.32. The topological polar surface area (TPSA) is 76.2 Å². The number of unbranched alkanes of at least 4 members (excludes halogenated alkanes) is 1. The summed E-state index contributed by atoms with van der Waals surface area (Å²) in [6, 6.07) is 9.38. The molecule has 3 heterocycles. The predicted octanol–water partition coefficient (Wildman–Crippen LogP) is 2.78. The highest BCUT2D eigenvalue weighted by molar-refractivity contribution is 5.26. The molecule has 0 unspecified atom stereocenters. The molecule has 0 aliphatic heterocycles. The van der Waals surface area contributed by atoms with Crippen molar-refractivity contribution in [1.29, 1.82) is 0 Å². The fourth-order valence-corrected chi connectivity index (χ4v) is 2.98. The summed E-state index contributed by atoms with van der Waals surface area (Å²) in [7, 11) is 4.05. The highest BCUT2D eigenvalue weighted by Gasteiger charge is 2.07. The lowest BCUT2D eigenvalue weighted by Crippen LogP contribution is -2.24. The molecule has 0 saturated carbocycles. The number of nitrogens with zero attached hydrogens (tertiary/aromatic N) is 4. The first-order valence-corrected chi connectivity index (χ1v) is 9.53. The number of aromatic nitrogens is 3. The summed E-state index contributed by atoms with van der Waals surface area (Å²) < 4.78 is 7.47. The van der Waals surface area contributed by atoms with E-state index in [4.69, 9.17) is 4.42 Å². The molecule has 0 bridgehead atoms. The first kappa shape index (κ1) is 19.8. The summed E-state index contributed by atoms with van der Waals surface area (Å²) >= 11 is 0. The fourth-order valence-electron chi connectivity index (χ4n) is 2.98. The molecular formula is C21H27N5O2. The van der Waals surface area contributed by atoms with E-state index < -0.39 is 0 Å². The Labute approximate surface area is 165 Å². The molecule has 7 heteroatoms. The standard InChI is InChI=1S/C21H27N5O2/c1-25(2)16-19-9-8-18(28-19)7-3-4-12-23-21-24-13-10-20(27)26(21)15-17-6-5-11-22-14-17/h5-6,8-11,13-14H,3-4,7,12,15-16H2,1-2H3,(H,23,24). The van der Waals surface area contributed by atoms with Gasteiger partial charge in [-0.15, -0.1) is 0 Å². The van der Waals surface area contributed by atoms with Crippen LogP contribution in [0.4, 0.5) is 5.95 Å². The molecule has 7 nitrogen and oxygen atoms in total. The number of hydrogen-bond acceptors (Lipinski definition) is 6. The van der Waals surface area contributed by atoms with Gasteiger partial charge in [-0.1, -0.05) is 6.07 Å². The van der Waals surface area contributed by atoms with E-state index in [-0.39, 0.29) is 5.56 Å². The van der Waals surface area contributed by atoms with Crippen LogP contribution in [-0.4, -0.2) is 40.1 Å². The zero-order valence-electron chi connectivity index (χ0n) is 16.5. The van der Waals surface area contributed by atoms with Crippen LogP contribution in [0.15, 0.2) is 58.1 Å². The second kappa shape index (κ2) is 9.85. The first-order valence-electron chi connectivity index (χ1n) is 9.53. The quantitative estimate of drug-likeness (QED) is 0.544. The predicted molar refractivity (Wildman–Crippen MR) is 109 cm³/mol. The minimum Gasteiger partial charge on any atom is -0.465 e. The Kier molecular flexibility index (Phi) is 6.97. The summed E-state index contributed by atoms with van der Waals surface area (Å²) in [4.78, 5) is 22.8. The molecule has 0 radical (unpaired) electrons. The highest BCUT2D eigenvalue weighted by atomic mass is 16.3. The van der Waals surface area contributed by atoms with Crippen molar-refractivity contribution in [2.24, 2.45) is 0 Å². The lowest BCUT2D eigenvalue weighted by Gasteiger charge is -2.13. The van der Waals surface area contributed by atoms with Gasteiger partial charge < -0.3 is 14.6 Å². The molecule has 0 aliphatic carbocycles. The van der Waals surface area contributed by atoms with Gasteiger partial charge in [0.15, 0.2) is 0 Å². The van der Waals surface area contributed by atoms with Gasteiger partial charge in [0, 0.05) is 37.6 Å². The highest BCUT2D eigenvalue weighted by Crippen LogP contribution is 2.12. The van der Waals surface area contributed by atoms with Crippen molar-refractivity contribution in [3.63, 3.8) is 0 Å². The van der Waals surface area contributed by atoms with Gasteiger partial charge in [0.25, 0.3) is 5.56 Å². The van der Waals surface area contributed by atoms with E-state index in [1.54, 1.807) is 23.2 Å². The van der Waals surface area contributed by atoms with Gasteiger partial charge in [0.1, 0.15) is 11.5 Å². The largest absolute Gasteiger partial charge is 0.465 e. The summed E-state index contributed by atoms with van der Waals surface area (Å²) in [6.07, 6.45) is 7.89. The summed E-state index contributed by atoms with van der Waals surface area (Å²) in [6.45, 7) is 2.01. The molecule has 0 fully saturated rings. The van der Waals surface area contributed by atoms with Gasteiger partial charge >= 0.3 is 0 Å². The summed E-state index contributed by atoms with van der Waals surface area (Å²) in [5.74, 6) is 2.59. The molecule has 0 aliphatic rings. The molecule has 0 spiro atoms. The third kappa shape index (κ3) is 5.79. The van der Waals surface area contributed by atoms with E-state index in [1.807, 2.05) is 32.3 Å². The molecule has 3 aromatic rings. The maximum absolute atomic E-state index is 12.2. The Hall–Kier alpha value is -2.93. The number of anilines is 1. The van der Waals surface area contributed by atoms with Crippen molar-refractivity contribution < 1.29 is 4.42 Å². The van der Waals surface area contributed by atoms with Gasteiger partial charge in [0.2, 0.25) is 5.95 Å². The smallest absolute Gasteiger partial charge is 0.255 e. The Morgan fingerprint density at radius 2 is 1.96 bits per heavy atom. The van der Waals surface area contributed by atoms with Gasteiger partial charge in [-0.3, -0.25) is 14.3 Å². The average molecular weight is 381 g/mol. The Morgan fingerprint density at radius 3 is 2.75 bits per heavy atom. The van der Waals surface area contributed by atoms with Crippen molar-refractivity contribution in [2.75, 3.05) is 26.0 Å². The maximum atomic E-state index is 12.2. The van der Waals surface area contributed by atoms with Crippen LogP contribution in [0.5, 0.6) is 0 Å². The normalized spacial score (nSPS) is 11.1. The van der Waals surface area contributed by atoms with E-state index in [2.05, 4.69) is 26.3 Å². The van der Waals surface area contributed by atoms with Crippen LogP contribution in [0.2, 0.25) is 0 Å². The molecule has 0 amide bonds. The van der Waals surface area contributed by atoms with Crippen LogP contribution in [-0.2, 0) is 19.5 Å². The average Bonchev–Trinajstić information content (AvgIpc) is 3.11. The van der Waals surface area contributed by atoms with Gasteiger partial charge in [-0.25, -0.2) is 4.98 Å². The molecule has 148 valence electrons. The minimum atomic E-state index is -0.0784. The van der Waals surface area contributed by atoms with Gasteiger partial charge in [-0.2, -0.15) is 0 Å². The van der Waals surface area contributed by atoms with E-state index in [0.717, 1.165) is 49.4 Å². The summed E-state index contributed by atoms with van der Waals surface area (Å²) in [5.41, 5.74) is 0.886. The molecule has 1 N–H and O–H groups in total. The van der Waals surface area contributed by atoms with Crippen LogP contribution >= 0.6 is 0 Å². The van der Waals surface area contributed by atoms with E-state index in [0.29, 0.717) is 12.5 Å². The minimum absolute atomic E-state index is 0.0784. The number of rotatable bonds is 10. The van der Waals surface area contributed by atoms with Crippen LogP contribution in [0.1, 0.15) is 29.9 Å². The fraction of sp³-hybridized carbons (Fsp3) is 0.381. The monoisotopic (exact) mass is 381 g/mol. The van der Waals surface area contributed by atoms with E-state index in [9.17, 15) is 4.79 Å². The van der Waals surface area contributed by atoms with E-state index in [1.165, 1.54) is 6.07 Å². The molecule has 3 aromatic heterocycles. The van der Waals surface area contributed by atoms with E-state index >= 15 is 0 Å². The van der Waals surface area contributed by atoms with Crippen molar-refractivity contribution in [1.82, 2.24) is 19.4 Å².